The lowest BCUT2D eigenvalue weighted by molar-refractivity contribution is -0.123. The van der Waals surface area contributed by atoms with E-state index in [2.05, 4.69) is 20.8 Å². The van der Waals surface area contributed by atoms with Gasteiger partial charge in [-0.2, -0.15) is 11.8 Å². The number of benzene rings is 1. The van der Waals surface area contributed by atoms with Crippen molar-refractivity contribution in [2.24, 2.45) is 0 Å². The number of carbonyl (C=O) groups is 2. The lowest BCUT2D eigenvalue weighted by Crippen LogP contribution is -2.35. The number of amides is 2. The van der Waals surface area contributed by atoms with Crippen molar-refractivity contribution in [3.8, 4) is 0 Å². The summed E-state index contributed by atoms with van der Waals surface area (Å²) in [6, 6.07) is 12.0. The summed E-state index contributed by atoms with van der Waals surface area (Å²) in [5.74, 6) is 1.17. The van der Waals surface area contributed by atoms with Gasteiger partial charge in [-0.05, 0) is 48.3 Å². The van der Waals surface area contributed by atoms with Gasteiger partial charge in [-0.25, -0.2) is 0 Å². The lowest BCUT2D eigenvalue weighted by Gasteiger charge is -2.21. The molecule has 0 fully saturated rings. The van der Waals surface area contributed by atoms with E-state index in [0.29, 0.717) is 17.3 Å². The van der Waals surface area contributed by atoms with Gasteiger partial charge in [0, 0.05) is 18.1 Å². The molecule has 30 heavy (non-hydrogen) atoms. The summed E-state index contributed by atoms with van der Waals surface area (Å²) in [4.78, 5) is 24.6. The molecule has 2 atom stereocenters. The SMILES string of the molecule is CSCCC(NC(=O)CC(NC(C)=O)c1ccc(Cl)cc1)c1nnc2ccccn12. The number of hydrogen-bond acceptors (Lipinski definition) is 5. The molecule has 0 aliphatic heterocycles. The maximum Gasteiger partial charge on any atom is 0.223 e. The molecular formula is C21H24ClN5O2S. The minimum atomic E-state index is -0.448. The van der Waals surface area contributed by atoms with Crippen LogP contribution in [0.1, 0.15) is 43.2 Å². The van der Waals surface area contributed by atoms with Gasteiger partial charge in [0.05, 0.1) is 18.5 Å². The van der Waals surface area contributed by atoms with Gasteiger partial charge in [0.25, 0.3) is 0 Å². The molecule has 0 bridgehead atoms. The zero-order valence-corrected chi connectivity index (χ0v) is 18.4. The van der Waals surface area contributed by atoms with Crippen molar-refractivity contribution in [2.45, 2.75) is 31.8 Å². The van der Waals surface area contributed by atoms with E-state index >= 15 is 0 Å². The fourth-order valence-electron chi connectivity index (χ4n) is 3.23. The van der Waals surface area contributed by atoms with Gasteiger partial charge in [0.2, 0.25) is 11.8 Å². The Hall–Kier alpha value is -2.58. The quantitative estimate of drug-likeness (QED) is 0.525. The van der Waals surface area contributed by atoms with Crippen LogP contribution in [0.5, 0.6) is 0 Å². The molecule has 2 unspecified atom stereocenters. The first-order chi connectivity index (χ1) is 14.5. The second kappa shape index (κ2) is 10.4. The first-order valence-electron chi connectivity index (χ1n) is 9.58. The number of thioether (sulfide) groups is 1. The van der Waals surface area contributed by atoms with Gasteiger partial charge < -0.3 is 10.6 Å². The first-order valence-corrected chi connectivity index (χ1v) is 11.4. The summed E-state index contributed by atoms with van der Waals surface area (Å²) in [5.41, 5.74) is 1.55. The highest BCUT2D eigenvalue weighted by molar-refractivity contribution is 7.98. The largest absolute Gasteiger partial charge is 0.349 e. The average molecular weight is 446 g/mol. The van der Waals surface area contributed by atoms with Crippen molar-refractivity contribution in [1.29, 1.82) is 0 Å². The zero-order chi connectivity index (χ0) is 21.5. The Labute approximate surface area is 184 Å². The molecule has 3 rings (SSSR count). The van der Waals surface area contributed by atoms with Crippen molar-refractivity contribution in [3.05, 3.63) is 65.1 Å². The summed E-state index contributed by atoms with van der Waals surface area (Å²) in [6.45, 7) is 1.43. The van der Waals surface area contributed by atoms with Crippen LogP contribution in [0.15, 0.2) is 48.7 Å². The molecule has 0 aliphatic rings. The second-order valence-electron chi connectivity index (χ2n) is 6.90. The van der Waals surface area contributed by atoms with Crippen molar-refractivity contribution in [1.82, 2.24) is 25.2 Å². The molecule has 0 saturated carbocycles. The second-order valence-corrected chi connectivity index (χ2v) is 8.32. The maximum atomic E-state index is 12.9. The minimum Gasteiger partial charge on any atom is -0.349 e. The van der Waals surface area contributed by atoms with Gasteiger partial charge in [-0.15, -0.1) is 10.2 Å². The van der Waals surface area contributed by atoms with E-state index in [1.165, 1.54) is 6.92 Å². The Morgan fingerprint density at radius 2 is 1.87 bits per heavy atom. The number of nitrogens with zero attached hydrogens (tertiary/aromatic N) is 3. The summed E-state index contributed by atoms with van der Waals surface area (Å²) < 4.78 is 1.88. The normalized spacial score (nSPS) is 13.0. The fourth-order valence-corrected chi connectivity index (χ4v) is 3.83. The van der Waals surface area contributed by atoms with Crippen LogP contribution in [0.2, 0.25) is 5.02 Å². The predicted octanol–water partition coefficient (Wildman–Crippen LogP) is 3.56. The monoisotopic (exact) mass is 445 g/mol. The number of aromatic nitrogens is 3. The lowest BCUT2D eigenvalue weighted by atomic mass is 10.0. The van der Waals surface area contributed by atoms with Crippen molar-refractivity contribution >= 4 is 40.8 Å². The van der Waals surface area contributed by atoms with Crippen LogP contribution in [-0.4, -0.2) is 38.4 Å². The highest BCUT2D eigenvalue weighted by Crippen LogP contribution is 2.22. The third kappa shape index (κ3) is 5.73. The van der Waals surface area contributed by atoms with Crippen LogP contribution in [0.3, 0.4) is 0 Å². The number of rotatable bonds is 9. The van der Waals surface area contributed by atoms with Crippen molar-refractivity contribution in [3.63, 3.8) is 0 Å². The Balaban J connectivity index is 1.78. The first kappa shape index (κ1) is 22.1. The predicted molar refractivity (Wildman–Crippen MR) is 119 cm³/mol. The van der Waals surface area contributed by atoms with Crippen LogP contribution in [-0.2, 0) is 9.59 Å². The molecule has 3 aromatic rings. The highest BCUT2D eigenvalue weighted by Gasteiger charge is 2.23. The molecular weight excluding hydrogens is 422 g/mol. The van der Waals surface area contributed by atoms with Gasteiger partial charge in [0.15, 0.2) is 11.5 Å². The van der Waals surface area contributed by atoms with E-state index in [0.717, 1.165) is 17.0 Å². The zero-order valence-electron chi connectivity index (χ0n) is 16.8. The smallest absolute Gasteiger partial charge is 0.223 e. The van der Waals surface area contributed by atoms with E-state index in [-0.39, 0.29) is 24.3 Å². The van der Waals surface area contributed by atoms with Crippen LogP contribution < -0.4 is 10.6 Å². The molecule has 0 saturated heterocycles. The molecule has 7 nitrogen and oxygen atoms in total. The Kier molecular flexibility index (Phi) is 7.70. The Bertz CT molecular complexity index is 1010. The minimum absolute atomic E-state index is 0.105. The van der Waals surface area contributed by atoms with Gasteiger partial charge in [0.1, 0.15) is 0 Å². The molecule has 1 aromatic carbocycles. The standard InChI is InChI=1S/C21H24ClN5O2S/c1-14(28)23-18(15-6-8-16(22)9-7-15)13-20(29)24-17(10-12-30-2)21-26-25-19-5-3-4-11-27(19)21/h3-9,11,17-18H,10,12-13H2,1-2H3,(H,23,28)(H,24,29). The summed E-state index contributed by atoms with van der Waals surface area (Å²) >= 11 is 7.67. The highest BCUT2D eigenvalue weighted by atomic mass is 35.5. The topological polar surface area (TPSA) is 88.4 Å². The third-order valence-electron chi connectivity index (χ3n) is 4.64. The van der Waals surface area contributed by atoms with E-state index in [4.69, 9.17) is 11.6 Å². The van der Waals surface area contributed by atoms with Crippen LogP contribution in [0.25, 0.3) is 5.65 Å². The van der Waals surface area contributed by atoms with E-state index in [1.54, 1.807) is 23.9 Å². The number of hydrogen-bond donors (Lipinski definition) is 2. The van der Waals surface area contributed by atoms with E-state index in [9.17, 15) is 9.59 Å². The average Bonchev–Trinajstić information content (AvgIpc) is 3.15. The number of fused-ring (bicyclic) bond motifs is 1. The summed E-state index contributed by atoms with van der Waals surface area (Å²) in [6.07, 6.45) is 4.73. The molecule has 0 aliphatic carbocycles. The van der Waals surface area contributed by atoms with E-state index < -0.39 is 6.04 Å². The van der Waals surface area contributed by atoms with Crippen molar-refractivity contribution < 1.29 is 9.59 Å². The molecule has 2 amide bonds. The van der Waals surface area contributed by atoms with Gasteiger partial charge in [-0.1, -0.05) is 29.8 Å². The van der Waals surface area contributed by atoms with Crippen LogP contribution >= 0.6 is 23.4 Å². The number of nitrogens with one attached hydrogen (secondary N) is 2. The molecule has 2 aromatic heterocycles. The van der Waals surface area contributed by atoms with Crippen LogP contribution in [0, 0.1) is 0 Å². The Morgan fingerprint density at radius 3 is 2.57 bits per heavy atom. The van der Waals surface area contributed by atoms with Gasteiger partial charge >= 0.3 is 0 Å². The molecule has 2 heterocycles. The maximum absolute atomic E-state index is 12.9. The Morgan fingerprint density at radius 1 is 1.10 bits per heavy atom. The third-order valence-corrected chi connectivity index (χ3v) is 5.53. The fraction of sp³-hybridized carbons (Fsp3) is 0.333. The molecule has 0 radical (unpaired) electrons. The van der Waals surface area contributed by atoms with E-state index in [1.807, 2.05) is 47.2 Å². The number of carbonyl (C=O) groups excluding carboxylic acids is 2. The molecule has 2 N–H and O–H groups in total. The summed E-state index contributed by atoms with van der Waals surface area (Å²) in [5, 5.41) is 15.0. The van der Waals surface area contributed by atoms with Crippen LogP contribution in [0.4, 0.5) is 0 Å². The number of halogens is 1. The molecule has 0 spiro atoms. The molecule has 9 heteroatoms. The summed E-state index contributed by atoms with van der Waals surface area (Å²) in [7, 11) is 0. The van der Waals surface area contributed by atoms with Crippen molar-refractivity contribution in [2.75, 3.05) is 12.0 Å². The molecule has 158 valence electrons. The van der Waals surface area contributed by atoms with Gasteiger partial charge in [-0.3, -0.25) is 14.0 Å². The number of pyridine rings is 1.